The zero-order valence-electron chi connectivity index (χ0n) is 10.8. The lowest BCUT2D eigenvalue weighted by molar-refractivity contribution is -0.150. The molecule has 2 heterocycles. The second-order valence-electron chi connectivity index (χ2n) is 4.69. The Labute approximate surface area is 118 Å². The van der Waals surface area contributed by atoms with E-state index in [1.54, 1.807) is 11.8 Å². The van der Waals surface area contributed by atoms with Crippen molar-refractivity contribution >= 4 is 34.3 Å². The summed E-state index contributed by atoms with van der Waals surface area (Å²) in [6, 6.07) is 0. The molecule has 0 aliphatic carbocycles. The van der Waals surface area contributed by atoms with Crippen molar-refractivity contribution in [3.63, 3.8) is 0 Å². The van der Waals surface area contributed by atoms with Crippen LogP contribution in [-0.4, -0.2) is 58.8 Å². The molecule has 0 N–H and O–H groups in total. The van der Waals surface area contributed by atoms with E-state index in [-0.39, 0.29) is 11.9 Å². The van der Waals surface area contributed by atoms with Gasteiger partial charge in [0.2, 0.25) is 0 Å². The number of esters is 1. The number of nitrogens with zero attached hydrogens (tertiary/aromatic N) is 2. The van der Waals surface area contributed by atoms with Gasteiger partial charge in [0.1, 0.15) is 4.32 Å². The van der Waals surface area contributed by atoms with Crippen molar-refractivity contribution in [3.05, 3.63) is 0 Å². The minimum absolute atomic E-state index is 0.0411. The molecule has 1 unspecified atom stereocenters. The average Bonchev–Trinajstić information content (AvgIpc) is 2.76. The van der Waals surface area contributed by atoms with Crippen LogP contribution in [0.3, 0.4) is 0 Å². The Morgan fingerprint density at radius 1 is 1.56 bits per heavy atom. The highest BCUT2D eigenvalue weighted by molar-refractivity contribution is 8.23. The molecule has 2 fully saturated rings. The molecule has 0 aromatic carbocycles. The van der Waals surface area contributed by atoms with Gasteiger partial charge >= 0.3 is 5.97 Å². The summed E-state index contributed by atoms with van der Waals surface area (Å²) in [6.07, 6.45) is 2.02. The van der Waals surface area contributed by atoms with Gasteiger partial charge in [0.05, 0.1) is 19.2 Å². The summed E-state index contributed by atoms with van der Waals surface area (Å²) in [5.41, 5.74) is 0. The SMILES string of the molecule is CCOC(=O)C1CCCN(CN2CCSC2=S)C1. The normalized spacial score (nSPS) is 25.5. The molecule has 6 heteroatoms. The maximum atomic E-state index is 11.8. The van der Waals surface area contributed by atoms with Gasteiger partial charge in [-0.15, -0.1) is 0 Å². The number of rotatable bonds is 4. The molecule has 2 rings (SSSR count). The van der Waals surface area contributed by atoms with Crippen molar-refractivity contribution in [2.75, 3.05) is 38.7 Å². The Balaban J connectivity index is 1.82. The van der Waals surface area contributed by atoms with Crippen LogP contribution in [-0.2, 0) is 9.53 Å². The highest BCUT2D eigenvalue weighted by Gasteiger charge is 2.28. The van der Waals surface area contributed by atoms with Gasteiger partial charge < -0.3 is 9.64 Å². The maximum absolute atomic E-state index is 11.8. The number of thiocarbonyl (C=S) groups is 1. The standard InChI is InChI=1S/C12H20N2O2S2/c1-2-16-11(15)10-4-3-5-13(8-10)9-14-6-7-18-12(14)17/h10H,2-9H2,1H3. The first kappa shape index (κ1) is 14.1. The maximum Gasteiger partial charge on any atom is 0.310 e. The van der Waals surface area contributed by atoms with Crippen LogP contribution < -0.4 is 0 Å². The fourth-order valence-corrected chi connectivity index (χ4v) is 3.65. The lowest BCUT2D eigenvalue weighted by Gasteiger charge is -2.34. The van der Waals surface area contributed by atoms with E-state index in [2.05, 4.69) is 9.80 Å². The van der Waals surface area contributed by atoms with E-state index in [4.69, 9.17) is 17.0 Å². The Hall–Kier alpha value is -0.330. The van der Waals surface area contributed by atoms with Gasteiger partial charge in [0, 0.05) is 18.8 Å². The molecule has 0 saturated carbocycles. The quantitative estimate of drug-likeness (QED) is 0.576. The molecule has 102 valence electrons. The monoisotopic (exact) mass is 288 g/mol. The predicted molar refractivity (Wildman–Crippen MR) is 77.6 cm³/mol. The number of hydrogen-bond acceptors (Lipinski definition) is 5. The van der Waals surface area contributed by atoms with Gasteiger partial charge in [-0.05, 0) is 26.3 Å². The van der Waals surface area contributed by atoms with Crippen molar-refractivity contribution in [2.24, 2.45) is 5.92 Å². The number of thioether (sulfide) groups is 1. The van der Waals surface area contributed by atoms with E-state index in [1.165, 1.54) is 0 Å². The number of likely N-dealkylation sites (tertiary alicyclic amines) is 1. The van der Waals surface area contributed by atoms with Crippen molar-refractivity contribution in [1.82, 2.24) is 9.80 Å². The molecule has 0 amide bonds. The summed E-state index contributed by atoms with van der Waals surface area (Å²) < 4.78 is 6.11. The topological polar surface area (TPSA) is 32.8 Å². The zero-order chi connectivity index (χ0) is 13.0. The van der Waals surface area contributed by atoms with Crippen LogP contribution in [0.4, 0.5) is 0 Å². The minimum atomic E-state index is -0.0411. The summed E-state index contributed by atoms with van der Waals surface area (Å²) >= 11 is 7.05. The largest absolute Gasteiger partial charge is 0.466 e. The van der Waals surface area contributed by atoms with Gasteiger partial charge in [-0.1, -0.05) is 24.0 Å². The second kappa shape index (κ2) is 6.73. The fourth-order valence-electron chi connectivity index (χ4n) is 2.43. The number of carbonyl (C=O) groups is 1. The van der Waals surface area contributed by atoms with Gasteiger partial charge in [0.15, 0.2) is 0 Å². The molecule has 18 heavy (non-hydrogen) atoms. The zero-order valence-corrected chi connectivity index (χ0v) is 12.4. The van der Waals surface area contributed by atoms with Gasteiger partial charge in [-0.25, -0.2) is 0 Å². The van der Waals surface area contributed by atoms with Crippen LogP contribution in [0.5, 0.6) is 0 Å². The molecular formula is C12H20N2O2S2. The van der Waals surface area contributed by atoms with Crippen LogP contribution in [0, 0.1) is 5.92 Å². The molecule has 0 spiro atoms. The van der Waals surface area contributed by atoms with Gasteiger partial charge in [-0.2, -0.15) is 0 Å². The van der Waals surface area contributed by atoms with E-state index >= 15 is 0 Å². The van der Waals surface area contributed by atoms with Gasteiger partial charge in [-0.3, -0.25) is 9.69 Å². The smallest absolute Gasteiger partial charge is 0.310 e. The number of piperidine rings is 1. The van der Waals surface area contributed by atoms with Crippen LogP contribution in [0.1, 0.15) is 19.8 Å². The fraction of sp³-hybridized carbons (Fsp3) is 0.833. The van der Waals surface area contributed by atoms with Crippen molar-refractivity contribution in [2.45, 2.75) is 19.8 Å². The minimum Gasteiger partial charge on any atom is -0.466 e. The Bertz CT molecular complexity index is 325. The Morgan fingerprint density at radius 2 is 2.39 bits per heavy atom. The number of hydrogen-bond donors (Lipinski definition) is 0. The van der Waals surface area contributed by atoms with Crippen LogP contribution in [0.25, 0.3) is 0 Å². The molecule has 0 bridgehead atoms. The first-order valence-corrected chi connectivity index (χ1v) is 7.90. The lowest BCUT2D eigenvalue weighted by Crippen LogP contribution is -2.45. The molecule has 2 aliphatic heterocycles. The lowest BCUT2D eigenvalue weighted by atomic mass is 9.98. The number of ether oxygens (including phenoxy) is 1. The molecule has 2 aliphatic rings. The van der Waals surface area contributed by atoms with E-state index in [1.807, 2.05) is 6.92 Å². The van der Waals surface area contributed by atoms with Crippen LogP contribution >= 0.6 is 24.0 Å². The molecule has 1 atom stereocenters. The first-order valence-electron chi connectivity index (χ1n) is 6.51. The Kier molecular flexibility index (Phi) is 5.26. The van der Waals surface area contributed by atoms with Crippen molar-refractivity contribution in [1.29, 1.82) is 0 Å². The summed E-state index contributed by atoms with van der Waals surface area (Å²) in [6.45, 7) is 6.09. The van der Waals surface area contributed by atoms with Crippen molar-refractivity contribution < 1.29 is 9.53 Å². The van der Waals surface area contributed by atoms with Crippen molar-refractivity contribution in [3.8, 4) is 0 Å². The van der Waals surface area contributed by atoms with E-state index in [9.17, 15) is 4.79 Å². The first-order chi connectivity index (χ1) is 8.70. The molecule has 4 nitrogen and oxygen atoms in total. The van der Waals surface area contributed by atoms with E-state index in [0.717, 1.165) is 49.2 Å². The third-order valence-electron chi connectivity index (χ3n) is 3.34. The third-order valence-corrected chi connectivity index (χ3v) is 4.84. The average molecular weight is 288 g/mol. The second-order valence-corrected chi connectivity index (χ2v) is 6.42. The Morgan fingerprint density at radius 3 is 3.06 bits per heavy atom. The summed E-state index contributed by atoms with van der Waals surface area (Å²) in [5.74, 6) is 1.09. The number of carbonyl (C=O) groups excluding carboxylic acids is 1. The van der Waals surface area contributed by atoms with Crippen LogP contribution in [0.15, 0.2) is 0 Å². The molecule has 0 aromatic rings. The summed E-state index contributed by atoms with van der Waals surface area (Å²) in [7, 11) is 0. The van der Waals surface area contributed by atoms with E-state index < -0.39 is 0 Å². The van der Waals surface area contributed by atoms with E-state index in [0.29, 0.717) is 6.61 Å². The molecular weight excluding hydrogens is 268 g/mol. The predicted octanol–water partition coefficient (Wildman–Crippen LogP) is 1.55. The highest BCUT2D eigenvalue weighted by Crippen LogP contribution is 2.22. The summed E-state index contributed by atoms with van der Waals surface area (Å²) in [5, 5.41) is 0. The molecule has 0 radical (unpaired) electrons. The summed E-state index contributed by atoms with van der Waals surface area (Å²) in [4.78, 5) is 16.3. The third kappa shape index (κ3) is 3.59. The van der Waals surface area contributed by atoms with Gasteiger partial charge in [0.25, 0.3) is 0 Å². The van der Waals surface area contributed by atoms with Crippen LogP contribution in [0.2, 0.25) is 0 Å². The highest BCUT2D eigenvalue weighted by atomic mass is 32.2. The molecule has 2 saturated heterocycles. The molecule has 0 aromatic heterocycles.